The minimum absolute atomic E-state index is 0.0119. The summed E-state index contributed by atoms with van der Waals surface area (Å²) in [6.07, 6.45) is -1.20. The van der Waals surface area contributed by atoms with E-state index in [4.69, 9.17) is 9.47 Å². The van der Waals surface area contributed by atoms with Crippen LogP contribution in [0.4, 0.5) is 9.59 Å². The van der Waals surface area contributed by atoms with Gasteiger partial charge in [-0.05, 0) is 53.7 Å². The molecular formula is C22H31N3O6. The van der Waals surface area contributed by atoms with Crippen LogP contribution in [-0.4, -0.2) is 71.2 Å². The molecule has 0 bridgehead atoms. The van der Waals surface area contributed by atoms with E-state index < -0.39 is 35.2 Å². The summed E-state index contributed by atoms with van der Waals surface area (Å²) >= 11 is 0. The number of benzene rings is 1. The molecule has 9 heteroatoms. The van der Waals surface area contributed by atoms with Crippen molar-refractivity contribution in [3.63, 3.8) is 0 Å². The van der Waals surface area contributed by atoms with Gasteiger partial charge in [0, 0.05) is 26.2 Å². The number of nitrogens with one attached hydrogen (secondary N) is 1. The Kier molecular flexibility index (Phi) is 7.30. The lowest BCUT2D eigenvalue weighted by atomic mass is 10.1. The average molecular weight is 434 g/mol. The number of imide groups is 1. The van der Waals surface area contributed by atoms with E-state index in [2.05, 4.69) is 5.32 Å². The van der Waals surface area contributed by atoms with Crippen molar-refractivity contribution < 1.29 is 28.7 Å². The Morgan fingerprint density at radius 3 is 1.90 bits per heavy atom. The Hall–Kier alpha value is -3.10. The maximum Gasteiger partial charge on any atom is 0.410 e. The first-order chi connectivity index (χ1) is 14.3. The molecule has 0 unspecified atom stereocenters. The van der Waals surface area contributed by atoms with Crippen molar-refractivity contribution in [3.8, 4) is 0 Å². The number of hydrogen-bond donors (Lipinski definition) is 1. The SMILES string of the molecule is CC(C)(C)OC(=O)NCCN(CCN1C(=O)c2ccccc2C1=O)C(=O)OC(C)(C)C. The molecule has 4 amide bonds. The third kappa shape index (κ3) is 6.97. The minimum atomic E-state index is -0.719. The summed E-state index contributed by atoms with van der Waals surface area (Å²) in [7, 11) is 0. The van der Waals surface area contributed by atoms with Crippen molar-refractivity contribution >= 4 is 24.0 Å². The maximum atomic E-state index is 12.6. The van der Waals surface area contributed by atoms with E-state index in [0.29, 0.717) is 11.1 Å². The molecule has 1 aliphatic heterocycles. The van der Waals surface area contributed by atoms with Crippen molar-refractivity contribution in [2.24, 2.45) is 0 Å². The first-order valence-corrected chi connectivity index (χ1v) is 10.2. The minimum Gasteiger partial charge on any atom is -0.444 e. The molecule has 31 heavy (non-hydrogen) atoms. The van der Waals surface area contributed by atoms with Crippen LogP contribution in [0.5, 0.6) is 0 Å². The van der Waals surface area contributed by atoms with Gasteiger partial charge in [0.15, 0.2) is 0 Å². The van der Waals surface area contributed by atoms with Crippen LogP contribution >= 0.6 is 0 Å². The second-order valence-corrected chi connectivity index (χ2v) is 9.20. The van der Waals surface area contributed by atoms with Crippen molar-refractivity contribution in [1.29, 1.82) is 0 Å². The van der Waals surface area contributed by atoms with Gasteiger partial charge in [-0.3, -0.25) is 14.5 Å². The molecule has 0 aromatic heterocycles. The summed E-state index contributed by atoms with van der Waals surface area (Å²) in [5, 5.41) is 2.59. The molecule has 0 spiro atoms. The number of carbonyl (C=O) groups excluding carboxylic acids is 4. The summed E-state index contributed by atoms with van der Waals surface area (Å²) in [4.78, 5) is 52.0. The van der Waals surface area contributed by atoms with E-state index in [-0.39, 0.29) is 26.2 Å². The van der Waals surface area contributed by atoms with Crippen LogP contribution in [-0.2, 0) is 9.47 Å². The molecule has 0 radical (unpaired) electrons. The number of alkyl carbamates (subject to hydrolysis) is 1. The Morgan fingerprint density at radius 1 is 0.903 bits per heavy atom. The van der Waals surface area contributed by atoms with Gasteiger partial charge in [0.2, 0.25) is 0 Å². The molecule has 0 saturated carbocycles. The van der Waals surface area contributed by atoms with Gasteiger partial charge in [-0.15, -0.1) is 0 Å². The fraction of sp³-hybridized carbons (Fsp3) is 0.545. The van der Waals surface area contributed by atoms with Crippen LogP contribution in [0, 0.1) is 0 Å². The number of nitrogens with zero attached hydrogens (tertiary/aromatic N) is 2. The number of ether oxygens (including phenoxy) is 2. The van der Waals surface area contributed by atoms with E-state index in [1.165, 1.54) is 4.90 Å². The molecule has 170 valence electrons. The summed E-state index contributed by atoms with van der Waals surface area (Å²) < 4.78 is 10.6. The topological polar surface area (TPSA) is 105 Å². The van der Waals surface area contributed by atoms with Crippen molar-refractivity contribution in [2.75, 3.05) is 26.2 Å². The first-order valence-electron chi connectivity index (χ1n) is 10.2. The molecule has 0 saturated heterocycles. The van der Waals surface area contributed by atoms with E-state index in [0.717, 1.165) is 4.90 Å². The first kappa shape index (κ1) is 24.2. The van der Waals surface area contributed by atoms with E-state index >= 15 is 0 Å². The van der Waals surface area contributed by atoms with E-state index in [1.807, 2.05) is 0 Å². The predicted octanol–water partition coefficient (Wildman–Crippen LogP) is 3.04. The number of amides is 4. The highest BCUT2D eigenvalue weighted by molar-refractivity contribution is 6.21. The number of hydrogen-bond acceptors (Lipinski definition) is 6. The van der Waals surface area contributed by atoms with Gasteiger partial charge in [0.25, 0.3) is 11.8 Å². The van der Waals surface area contributed by atoms with Crippen LogP contribution in [0.15, 0.2) is 24.3 Å². The second kappa shape index (κ2) is 9.36. The zero-order chi connectivity index (χ0) is 23.4. The maximum absolute atomic E-state index is 12.6. The van der Waals surface area contributed by atoms with Crippen molar-refractivity contribution in [2.45, 2.75) is 52.7 Å². The van der Waals surface area contributed by atoms with Crippen LogP contribution < -0.4 is 5.32 Å². The van der Waals surface area contributed by atoms with Gasteiger partial charge < -0.3 is 19.7 Å². The molecule has 1 N–H and O–H groups in total. The highest BCUT2D eigenvalue weighted by Crippen LogP contribution is 2.22. The van der Waals surface area contributed by atoms with Gasteiger partial charge in [-0.2, -0.15) is 0 Å². The lowest BCUT2D eigenvalue weighted by Gasteiger charge is -2.28. The van der Waals surface area contributed by atoms with Gasteiger partial charge in [-0.25, -0.2) is 9.59 Å². The summed E-state index contributed by atoms with van der Waals surface area (Å²) in [5.74, 6) is -0.784. The summed E-state index contributed by atoms with van der Waals surface area (Å²) in [6.45, 7) is 10.8. The Labute approximate surface area is 182 Å². The lowest BCUT2D eigenvalue weighted by molar-refractivity contribution is 0.0219. The van der Waals surface area contributed by atoms with E-state index in [9.17, 15) is 19.2 Å². The smallest absolute Gasteiger partial charge is 0.410 e. The molecule has 1 heterocycles. The Balaban J connectivity index is 2.01. The molecule has 0 fully saturated rings. The molecule has 1 aromatic rings. The highest BCUT2D eigenvalue weighted by Gasteiger charge is 2.35. The van der Waals surface area contributed by atoms with Crippen molar-refractivity contribution in [3.05, 3.63) is 35.4 Å². The van der Waals surface area contributed by atoms with E-state index in [1.54, 1.807) is 65.8 Å². The second-order valence-electron chi connectivity index (χ2n) is 9.20. The van der Waals surface area contributed by atoms with Crippen LogP contribution in [0.25, 0.3) is 0 Å². The fourth-order valence-corrected chi connectivity index (χ4v) is 2.89. The van der Waals surface area contributed by atoms with Crippen LogP contribution in [0.1, 0.15) is 62.3 Å². The standard InChI is InChI=1S/C22H31N3O6/c1-21(2,3)30-19(28)23-11-12-24(20(29)31-22(4,5)6)13-14-25-17(26)15-9-7-8-10-16(15)18(25)27/h7-10H,11-14H2,1-6H3,(H,23,28). The highest BCUT2D eigenvalue weighted by atomic mass is 16.6. The van der Waals surface area contributed by atoms with Gasteiger partial charge in [0.1, 0.15) is 11.2 Å². The third-order valence-corrected chi connectivity index (χ3v) is 4.17. The lowest BCUT2D eigenvalue weighted by Crippen LogP contribution is -2.46. The summed E-state index contributed by atoms with van der Waals surface area (Å²) in [6, 6.07) is 6.60. The van der Waals surface area contributed by atoms with Gasteiger partial charge >= 0.3 is 12.2 Å². The normalized spacial score (nSPS) is 13.7. The monoisotopic (exact) mass is 433 g/mol. The van der Waals surface area contributed by atoms with Gasteiger partial charge in [0.05, 0.1) is 11.1 Å². The Bertz CT molecular complexity index is 819. The fourth-order valence-electron chi connectivity index (χ4n) is 2.89. The molecule has 0 aliphatic carbocycles. The average Bonchev–Trinajstić information content (AvgIpc) is 2.86. The molecule has 2 rings (SSSR count). The zero-order valence-electron chi connectivity index (χ0n) is 19.0. The predicted molar refractivity (Wildman–Crippen MR) is 114 cm³/mol. The Morgan fingerprint density at radius 2 is 1.42 bits per heavy atom. The molecule has 0 atom stereocenters. The number of carbonyl (C=O) groups is 4. The van der Waals surface area contributed by atoms with Gasteiger partial charge in [-0.1, -0.05) is 12.1 Å². The molecular weight excluding hydrogens is 402 g/mol. The largest absolute Gasteiger partial charge is 0.444 e. The quantitative estimate of drug-likeness (QED) is 0.692. The molecule has 1 aliphatic rings. The van der Waals surface area contributed by atoms with Crippen LogP contribution in [0.3, 0.4) is 0 Å². The summed E-state index contributed by atoms with van der Waals surface area (Å²) in [5.41, 5.74) is -0.657. The zero-order valence-corrected chi connectivity index (χ0v) is 19.0. The molecule has 9 nitrogen and oxygen atoms in total. The van der Waals surface area contributed by atoms with Crippen molar-refractivity contribution in [1.82, 2.24) is 15.1 Å². The molecule has 1 aromatic carbocycles. The third-order valence-electron chi connectivity index (χ3n) is 4.17. The number of rotatable bonds is 6. The van der Waals surface area contributed by atoms with Crippen LogP contribution in [0.2, 0.25) is 0 Å². The number of fused-ring (bicyclic) bond motifs is 1.